The van der Waals surface area contributed by atoms with Crippen LogP contribution in [-0.4, -0.2) is 34.2 Å². The van der Waals surface area contributed by atoms with E-state index < -0.39 is 34.5 Å². The lowest BCUT2D eigenvalue weighted by Crippen LogP contribution is -2.33. The lowest BCUT2D eigenvalue weighted by molar-refractivity contribution is -0.121. The third-order valence-electron chi connectivity index (χ3n) is 3.77. The number of benzene rings is 2. The summed E-state index contributed by atoms with van der Waals surface area (Å²) in [6.45, 7) is -1.68. The first-order valence-corrected chi connectivity index (χ1v) is 9.77. The molecule has 0 aliphatic rings. The molecule has 1 amide bonds. The van der Waals surface area contributed by atoms with Crippen molar-refractivity contribution < 1.29 is 35.5 Å². The van der Waals surface area contributed by atoms with Gasteiger partial charge in [-0.05, 0) is 48.4 Å². The Kier molecular flexibility index (Phi) is 7.20. The molecule has 0 spiro atoms. The fraction of sp³-hybridized carbons (Fsp3) is 0.278. The zero-order valence-electron chi connectivity index (χ0n) is 15.2. The van der Waals surface area contributed by atoms with Gasteiger partial charge in [0.15, 0.2) is 11.6 Å². The molecule has 0 saturated carbocycles. The van der Waals surface area contributed by atoms with E-state index in [9.17, 15) is 30.8 Å². The molecule has 0 unspecified atom stereocenters. The molecule has 158 valence electrons. The zero-order chi connectivity index (χ0) is 21.7. The quantitative estimate of drug-likeness (QED) is 0.625. The molecule has 6 nitrogen and oxygen atoms in total. The number of ether oxygens (including phenoxy) is 1. The Morgan fingerprint density at radius 1 is 1.10 bits per heavy atom. The van der Waals surface area contributed by atoms with Gasteiger partial charge in [-0.15, -0.1) is 0 Å². The number of methoxy groups -OCH3 is 1. The summed E-state index contributed by atoms with van der Waals surface area (Å²) >= 11 is 0. The van der Waals surface area contributed by atoms with Crippen LogP contribution in [0.1, 0.15) is 12.0 Å². The van der Waals surface area contributed by atoms with Gasteiger partial charge >= 0.3 is 6.18 Å². The van der Waals surface area contributed by atoms with Crippen LogP contribution in [0, 0.1) is 5.82 Å². The molecule has 2 aromatic rings. The Morgan fingerprint density at radius 2 is 1.76 bits per heavy atom. The number of halogens is 4. The van der Waals surface area contributed by atoms with Crippen LogP contribution in [-0.2, 0) is 21.2 Å². The fourth-order valence-corrected chi connectivity index (χ4v) is 3.34. The third-order valence-corrected chi connectivity index (χ3v) is 5.19. The summed E-state index contributed by atoms with van der Waals surface area (Å²) in [5, 5.41) is 2.53. The number of sulfonamides is 1. The van der Waals surface area contributed by atoms with Crippen LogP contribution < -0.4 is 14.8 Å². The Balaban J connectivity index is 1.92. The highest BCUT2D eigenvalue weighted by Gasteiger charge is 2.30. The number of rotatable bonds is 8. The van der Waals surface area contributed by atoms with Gasteiger partial charge in [0.25, 0.3) is 0 Å². The summed E-state index contributed by atoms with van der Waals surface area (Å²) in [5.41, 5.74) is 0.862. The molecule has 0 aliphatic heterocycles. The van der Waals surface area contributed by atoms with E-state index in [4.69, 9.17) is 4.74 Å². The highest BCUT2D eigenvalue weighted by atomic mass is 32.2. The number of nitrogens with one attached hydrogen (secondary N) is 2. The van der Waals surface area contributed by atoms with Gasteiger partial charge in [-0.2, -0.15) is 13.2 Å². The molecule has 0 aliphatic carbocycles. The summed E-state index contributed by atoms with van der Waals surface area (Å²) in [6, 6.07) is 9.01. The van der Waals surface area contributed by atoms with Crippen molar-refractivity contribution in [1.29, 1.82) is 0 Å². The maximum Gasteiger partial charge on any atom is 0.402 e. The molecule has 2 aromatic carbocycles. The van der Waals surface area contributed by atoms with Gasteiger partial charge in [0.1, 0.15) is 6.54 Å². The van der Waals surface area contributed by atoms with E-state index in [0.717, 1.165) is 12.1 Å². The van der Waals surface area contributed by atoms with E-state index in [1.165, 1.54) is 36.1 Å². The van der Waals surface area contributed by atoms with Crippen molar-refractivity contribution in [3.05, 3.63) is 53.8 Å². The first-order chi connectivity index (χ1) is 13.5. The summed E-state index contributed by atoms with van der Waals surface area (Å²) in [4.78, 5) is 11.6. The molecule has 2 rings (SSSR count). The lowest BCUT2D eigenvalue weighted by Gasteiger charge is -2.10. The number of carbonyl (C=O) groups excluding carboxylic acids is 1. The van der Waals surface area contributed by atoms with E-state index >= 15 is 0 Å². The minimum absolute atomic E-state index is 0.0406. The number of aryl methyl sites for hydroxylation is 1. The summed E-state index contributed by atoms with van der Waals surface area (Å²) in [6.07, 6.45) is -4.37. The average Bonchev–Trinajstić information content (AvgIpc) is 2.65. The van der Waals surface area contributed by atoms with Gasteiger partial charge in [0.05, 0.1) is 12.0 Å². The summed E-state index contributed by atoms with van der Waals surface area (Å²) in [5.74, 6) is -0.841. The highest BCUT2D eigenvalue weighted by molar-refractivity contribution is 7.89. The van der Waals surface area contributed by atoms with E-state index in [2.05, 4.69) is 5.32 Å². The second-order valence-electron chi connectivity index (χ2n) is 5.98. The smallest absolute Gasteiger partial charge is 0.402 e. The normalized spacial score (nSPS) is 11.9. The van der Waals surface area contributed by atoms with Gasteiger partial charge in [-0.3, -0.25) is 4.79 Å². The van der Waals surface area contributed by atoms with Crippen molar-refractivity contribution in [2.75, 3.05) is 19.0 Å². The fourth-order valence-electron chi connectivity index (χ4n) is 2.32. The molecular weight excluding hydrogens is 416 g/mol. The minimum atomic E-state index is -4.67. The zero-order valence-corrected chi connectivity index (χ0v) is 16.0. The van der Waals surface area contributed by atoms with Crippen molar-refractivity contribution in [2.24, 2.45) is 0 Å². The largest absolute Gasteiger partial charge is 0.494 e. The van der Waals surface area contributed by atoms with E-state index in [1.807, 2.05) is 0 Å². The van der Waals surface area contributed by atoms with Crippen LogP contribution in [0.25, 0.3) is 0 Å². The van der Waals surface area contributed by atoms with Crippen LogP contribution in [0.15, 0.2) is 47.4 Å². The SMILES string of the molecule is COc1ccc(CCC(=O)Nc2ccc(S(=O)(=O)NCC(F)(F)F)cc2)cc1F. The number of amides is 1. The topological polar surface area (TPSA) is 84.5 Å². The van der Waals surface area contributed by atoms with E-state index in [0.29, 0.717) is 5.56 Å². The Bertz CT molecular complexity index is 961. The molecule has 2 N–H and O–H groups in total. The van der Waals surface area contributed by atoms with E-state index in [1.54, 1.807) is 6.07 Å². The molecule has 0 radical (unpaired) electrons. The van der Waals surface area contributed by atoms with Gasteiger partial charge in [-0.25, -0.2) is 17.5 Å². The maximum absolute atomic E-state index is 13.6. The molecule has 0 bridgehead atoms. The van der Waals surface area contributed by atoms with E-state index in [-0.39, 0.29) is 29.2 Å². The van der Waals surface area contributed by atoms with Crippen molar-refractivity contribution >= 4 is 21.6 Å². The highest BCUT2D eigenvalue weighted by Crippen LogP contribution is 2.19. The molecular formula is C18H18F4N2O4S. The minimum Gasteiger partial charge on any atom is -0.494 e. The van der Waals surface area contributed by atoms with Crippen molar-refractivity contribution in [1.82, 2.24) is 4.72 Å². The molecule has 0 saturated heterocycles. The Morgan fingerprint density at radius 3 is 2.31 bits per heavy atom. The predicted molar refractivity (Wildman–Crippen MR) is 97.6 cm³/mol. The van der Waals surface area contributed by atoms with Crippen LogP contribution in [0.2, 0.25) is 0 Å². The first-order valence-electron chi connectivity index (χ1n) is 8.29. The van der Waals surface area contributed by atoms with Gasteiger partial charge in [0, 0.05) is 12.1 Å². The first kappa shape index (κ1) is 22.6. The second-order valence-corrected chi connectivity index (χ2v) is 7.75. The molecule has 0 aromatic heterocycles. The monoisotopic (exact) mass is 434 g/mol. The molecule has 0 atom stereocenters. The maximum atomic E-state index is 13.6. The van der Waals surface area contributed by atoms with Crippen LogP contribution in [0.5, 0.6) is 5.75 Å². The van der Waals surface area contributed by atoms with Gasteiger partial charge in [-0.1, -0.05) is 6.07 Å². The summed E-state index contributed by atoms with van der Waals surface area (Å²) < 4.78 is 80.0. The number of carbonyl (C=O) groups is 1. The average molecular weight is 434 g/mol. The number of alkyl halides is 3. The third kappa shape index (κ3) is 7.02. The van der Waals surface area contributed by atoms with Crippen molar-refractivity contribution in [2.45, 2.75) is 23.9 Å². The number of hydrogen-bond acceptors (Lipinski definition) is 4. The number of anilines is 1. The lowest BCUT2D eigenvalue weighted by atomic mass is 10.1. The molecule has 11 heteroatoms. The van der Waals surface area contributed by atoms with Crippen LogP contribution in [0.3, 0.4) is 0 Å². The second kappa shape index (κ2) is 9.23. The van der Waals surface area contributed by atoms with Crippen LogP contribution in [0.4, 0.5) is 23.2 Å². The predicted octanol–water partition coefficient (Wildman–Crippen LogP) is 3.25. The number of hydrogen-bond donors (Lipinski definition) is 2. The Labute approximate surface area is 164 Å². The standard InChI is InChI=1S/C18H18F4N2O4S/c1-28-16-8-2-12(10-15(16)19)3-9-17(25)24-13-4-6-14(7-5-13)29(26,27)23-11-18(20,21)22/h2,4-8,10,23H,3,9,11H2,1H3,(H,24,25). The Hall–Kier alpha value is -2.66. The van der Waals surface area contributed by atoms with Crippen molar-refractivity contribution in [3.63, 3.8) is 0 Å². The molecule has 29 heavy (non-hydrogen) atoms. The molecule has 0 fully saturated rings. The van der Waals surface area contributed by atoms with Crippen molar-refractivity contribution in [3.8, 4) is 5.75 Å². The molecule has 0 heterocycles. The van der Waals surface area contributed by atoms with Gasteiger partial charge < -0.3 is 10.1 Å². The summed E-state index contributed by atoms with van der Waals surface area (Å²) in [7, 11) is -2.98. The van der Waals surface area contributed by atoms with Gasteiger partial charge in [0.2, 0.25) is 15.9 Å². The van der Waals surface area contributed by atoms with Crippen LogP contribution >= 0.6 is 0 Å².